The lowest BCUT2D eigenvalue weighted by atomic mass is 9.94. The highest BCUT2D eigenvalue weighted by Crippen LogP contribution is 2.48. The first-order chi connectivity index (χ1) is 13.8. The maximum Gasteiger partial charge on any atom is 0.263 e. The summed E-state index contributed by atoms with van der Waals surface area (Å²) >= 11 is 1.53. The van der Waals surface area contributed by atoms with Gasteiger partial charge in [-0.3, -0.25) is 14.5 Å². The maximum atomic E-state index is 12.9. The number of hydrogen-bond acceptors (Lipinski definition) is 4. The highest BCUT2D eigenvalue weighted by atomic mass is 32.1. The van der Waals surface area contributed by atoms with E-state index < -0.39 is 0 Å². The molecule has 142 valence electrons. The lowest BCUT2D eigenvalue weighted by Gasteiger charge is -2.16. The van der Waals surface area contributed by atoms with Crippen LogP contribution in [0.3, 0.4) is 0 Å². The van der Waals surface area contributed by atoms with Gasteiger partial charge in [0.2, 0.25) is 0 Å². The number of thiophene rings is 1. The van der Waals surface area contributed by atoms with E-state index in [0.717, 1.165) is 42.4 Å². The minimum atomic E-state index is 0.180. The van der Waals surface area contributed by atoms with Crippen LogP contribution in [0.1, 0.15) is 39.7 Å². The van der Waals surface area contributed by atoms with Crippen molar-refractivity contribution in [2.75, 3.05) is 13.1 Å². The second-order valence-electron chi connectivity index (χ2n) is 8.33. The normalized spacial score (nSPS) is 23.1. The molecule has 6 heteroatoms. The van der Waals surface area contributed by atoms with Gasteiger partial charge in [0.25, 0.3) is 5.91 Å². The molecule has 3 aromatic rings. The number of pyridine rings is 1. The molecular formula is C22H22N4OS. The lowest BCUT2D eigenvalue weighted by molar-refractivity contribution is 0.0790. The van der Waals surface area contributed by atoms with Gasteiger partial charge >= 0.3 is 0 Å². The van der Waals surface area contributed by atoms with Gasteiger partial charge in [0, 0.05) is 49.1 Å². The first-order valence-electron chi connectivity index (χ1n) is 10.1. The van der Waals surface area contributed by atoms with Crippen LogP contribution in [0.15, 0.2) is 42.0 Å². The van der Waals surface area contributed by atoms with Gasteiger partial charge in [0.05, 0.1) is 16.3 Å². The van der Waals surface area contributed by atoms with E-state index in [4.69, 9.17) is 5.10 Å². The van der Waals surface area contributed by atoms with Gasteiger partial charge in [-0.15, -0.1) is 11.3 Å². The topological polar surface area (TPSA) is 51.0 Å². The zero-order valence-electron chi connectivity index (χ0n) is 15.6. The number of hydrogen-bond donors (Lipinski definition) is 0. The van der Waals surface area contributed by atoms with Crippen LogP contribution in [-0.4, -0.2) is 38.7 Å². The van der Waals surface area contributed by atoms with Crippen molar-refractivity contribution in [1.29, 1.82) is 0 Å². The van der Waals surface area contributed by atoms with Gasteiger partial charge in [0.1, 0.15) is 0 Å². The summed E-state index contributed by atoms with van der Waals surface area (Å²) in [4.78, 5) is 20.1. The molecule has 3 aliphatic rings. The van der Waals surface area contributed by atoms with Crippen molar-refractivity contribution < 1.29 is 4.79 Å². The molecule has 1 saturated heterocycles. The number of aromatic nitrogens is 3. The zero-order valence-corrected chi connectivity index (χ0v) is 16.4. The van der Waals surface area contributed by atoms with Crippen LogP contribution in [0, 0.1) is 11.8 Å². The van der Waals surface area contributed by atoms with Gasteiger partial charge in [-0.1, -0.05) is 6.07 Å². The van der Waals surface area contributed by atoms with Gasteiger partial charge in [-0.05, 0) is 54.7 Å². The quantitative estimate of drug-likeness (QED) is 0.680. The van der Waals surface area contributed by atoms with Crippen molar-refractivity contribution in [2.24, 2.45) is 11.8 Å². The van der Waals surface area contributed by atoms with E-state index in [-0.39, 0.29) is 5.91 Å². The van der Waals surface area contributed by atoms with Crippen molar-refractivity contribution in [3.8, 4) is 11.3 Å². The Morgan fingerprint density at radius 1 is 1.21 bits per heavy atom. The number of carbonyl (C=O) groups is 1. The number of nitrogens with zero attached hydrogens (tertiary/aromatic N) is 4. The predicted octanol–water partition coefficient (Wildman–Crippen LogP) is 3.83. The molecule has 1 amide bonds. The third-order valence-electron chi connectivity index (χ3n) is 6.42. The fourth-order valence-electron chi connectivity index (χ4n) is 4.93. The monoisotopic (exact) mass is 390 g/mol. The number of fused-ring (bicyclic) bond motifs is 3. The van der Waals surface area contributed by atoms with E-state index in [9.17, 15) is 4.79 Å². The molecule has 5 nitrogen and oxygen atoms in total. The van der Waals surface area contributed by atoms with Crippen molar-refractivity contribution in [2.45, 2.75) is 31.7 Å². The molecule has 2 aliphatic carbocycles. The van der Waals surface area contributed by atoms with E-state index in [2.05, 4.69) is 20.6 Å². The second kappa shape index (κ2) is 6.27. The second-order valence-corrected chi connectivity index (χ2v) is 9.28. The SMILES string of the molecule is O=C(c1cccs1)N1C[C@H]2Cc3nn(CC4CC4)c(-c4cccnc4)c3[C@H]2C1. The molecule has 0 spiro atoms. The Labute approximate surface area is 168 Å². The van der Waals surface area contributed by atoms with E-state index in [1.54, 1.807) is 0 Å². The maximum absolute atomic E-state index is 12.9. The zero-order chi connectivity index (χ0) is 18.7. The molecule has 3 aromatic heterocycles. The Morgan fingerprint density at radius 3 is 2.89 bits per heavy atom. The molecule has 2 atom stereocenters. The molecule has 2 fully saturated rings. The van der Waals surface area contributed by atoms with E-state index >= 15 is 0 Å². The molecular weight excluding hydrogens is 368 g/mol. The molecule has 4 heterocycles. The number of likely N-dealkylation sites (tertiary alicyclic amines) is 1. The molecule has 0 radical (unpaired) electrons. The number of carbonyl (C=O) groups excluding carboxylic acids is 1. The summed E-state index contributed by atoms with van der Waals surface area (Å²) in [5.41, 5.74) is 5.02. The van der Waals surface area contributed by atoms with Crippen molar-refractivity contribution >= 4 is 17.2 Å². The molecule has 0 bridgehead atoms. The predicted molar refractivity (Wildman–Crippen MR) is 108 cm³/mol. The molecule has 1 saturated carbocycles. The fraction of sp³-hybridized carbons (Fsp3) is 0.409. The van der Waals surface area contributed by atoms with Crippen molar-refractivity contribution in [3.05, 3.63) is 58.2 Å². The minimum absolute atomic E-state index is 0.180. The van der Waals surface area contributed by atoms with Crippen LogP contribution in [-0.2, 0) is 13.0 Å². The Kier molecular flexibility index (Phi) is 3.69. The average Bonchev–Trinajstić information content (AvgIpc) is 3.08. The third-order valence-corrected chi connectivity index (χ3v) is 7.27. The van der Waals surface area contributed by atoms with Crippen LogP contribution in [0.5, 0.6) is 0 Å². The summed E-state index contributed by atoms with van der Waals surface area (Å²) in [7, 11) is 0. The third kappa shape index (κ3) is 2.62. The molecule has 1 aliphatic heterocycles. The number of amides is 1. The van der Waals surface area contributed by atoms with E-state index in [0.29, 0.717) is 11.8 Å². The summed E-state index contributed by atoms with van der Waals surface area (Å²) in [5.74, 6) is 1.83. The van der Waals surface area contributed by atoms with E-state index in [1.807, 2.05) is 36.0 Å². The van der Waals surface area contributed by atoms with Crippen LogP contribution in [0.4, 0.5) is 0 Å². The fourth-order valence-corrected chi connectivity index (χ4v) is 5.62. The Balaban J connectivity index is 1.37. The van der Waals surface area contributed by atoms with Crippen LogP contribution >= 0.6 is 11.3 Å². The van der Waals surface area contributed by atoms with Gasteiger partial charge in [-0.25, -0.2) is 0 Å². The molecule has 28 heavy (non-hydrogen) atoms. The van der Waals surface area contributed by atoms with Crippen LogP contribution in [0.25, 0.3) is 11.3 Å². The summed E-state index contributed by atoms with van der Waals surface area (Å²) < 4.78 is 2.24. The number of rotatable bonds is 4. The lowest BCUT2D eigenvalue weighted by Crippen LogP contribution is -2.28. The van der Waals surface area contributed by atoms with Gasteiger partial charge in [-0.2, -0.15) is 5.10 Å². The van der Waals surface area contributed by atoms with Gasteiger partial charge < -0.3 is 4.90 Å². The summed E-state index contributed by atoms with van der Waals surface area (Å²) in [6, 6.07) is 8.03. The molecule has 0 unspecified atom stereocenters. The highest BCUT2D eigenvalue weighted by molar-refractivity contribution is 7.12. The largest absolute Gasteiger partial charge is 0.337 e. The van der Waals surface area contributed by atoms with Gasteiger partial charge in [0.15, 0.2) is 0 Å². The molecule has 6 rings (SSSR count). The first-order valence-corrected chi connectivity index (χ1v) is 11.0. The van der Waals surface area contributed by atoms with Crippen molar-refractivity contribution in [3.63, 3.8) is 0 Å². The van der Waals surface area contributed by atoms with Crippen LogP contribution in [0.2, 0.25) is 0 Å². The highest BCUT2D eigenvalue weighted by Gasteiger charge is 2.45. The van der Waals surface area contributed by atoms with E-state index in [1.165, 1.54) is 41.1 Å². The first kappa shape index (κ1) is 16.5. The Bertz CT molecular complexity index is 1020. The summed E-state index contributed by atoms with van der Waals surface area (Å²) in [6.45, 7) is 2.65. The molecule has 0 aromatic carbocycles. The van der Waals surface area contributed by atoms with Crippen LogP contribution < -0.4 is 0 Å². The Morgan fingerprint density at radius 2 is 2.14 bits per heavy atom. The summed E-state index contributed by atoms with van der Waals surface area (Å²) in [6.07, 6.45) is 7.39. The van der Waals surface area contributed by atoms with Crippen molar-refractivity contribution in [1.82, 2.24) is 19.7 Å². The minimum Gasteiger partial charge on any atom is -0.337 e. The smallest absolute Gasteiger partial charge is 0.263 e. The molecule has 0 N–H and O–H groups in total. The average molecular weight is 391 g/mol. The standard InChI is InChI=1S/C22H22N4OS/c27-22(19-4-2-8-28-19)25-12-16-9-18-20(17(16)13-25)21(15-3-1-7-23-10-15)26(24-18)11-14-5-6-14/h1-4,7-8,10,14,16-17H,5-6,9,11-13H2/t16-,17+/m1/s1. The Hall–Kier alpha value is -2.47. The summed E-state index contributed by atoms with van der Waals surface area (Å²) in [5, 5.41) is 7.01.